The van der Waals surface area contributed by atoms with E-state index in [0.29, 0.717) is 5.75 Å². The summed E-state index contributed by atoms with van der Waals surface area (Å²) in [6.45, 7) is 21.0. The van der Waals surface area contributed by atoms with Crippen LogP contribution in [-0.2, 0) is 18.3 Å². The van der Waals surface area contributed by atoms with Crippen LogP contribution in [0.1, 0.15) is 103 Å². The van der Waals surface area contributed by atoms with E-state index >= 15 is 0 Å². The zero-order chi connectivity index (χ0) is 21.7. The number of unbranched alkanes of at least 4 members (excludes halogenated alkanes) is 1. The zero-order valence-electron chi connectivity index (χ0n) is 19.8. The highest BCUT2D eigenvalue weighted by molar-refractivity contribution is 5.66. The number of phenols is 1. The average molecular weight is 385 g/mol. The molecule has 0 radical (unpaired) electrons. The number of hydrogen-bond acceptors (Lipinski definition) is 1. The van der Waals surface area contributed by atoms with Crippen LogP contribution in [0, 0.1) is 0 Å². The minimum Gasteiger partial charge on any atom is -0.507 e. The molecule has 2 rings (SSSR count). The van der Waals surface area contributed by atoms with E-state index in [1.807, 2.05) is 33.8 Å². The van der Waals surface area contributed by atoms with Crippen LogP contribution in [0.5, 0.6) is 5.75 Å². The molecule has 0 saturated heterocycles. The summed E-state index contributed by atoms with van der Waals surface area (Å²) < 4.78 is 0. The first kappa shape index (κ1) is 26.2. The van der Waals surface area contributed by atoms with Gasteiger partial charge in [0.1, 0.15) is 5.75 Å². The minimum absolute atomic E-state index is 0.0556. The second-order valence-corrected chi connectivity index (χ2v) is 7.82. The highest BCUT2D eigenvalue weighted by atomic mass is 16.3. The fourth-order valence-corrected chi connectivity index (χ4v) is 3.46. The second kappa shape index (κ2) is 13.4. The Morgan fingerprint density at radius 1 is 1.11 bits per heavy atom. The maximum atomic E-state index is 10.9. The Morgan fingerprint density at radius 2 is 1.75 bits per heavy atom. The standard InChI is InChI=1S/C23H32O.2C2H6/c1-6-8-14-20-19(7-2)22(24)18(16-21(20)23(3,4)5)15-17-12-10-9-11-13-17;2*1-2/h7,10,12-13,16,24H,2,6,8-9,11,14-15H2,1,3-5H3;2*1-2H3. The van der Waals surface area contributed by atoms with Crippen LogP contribution in [-0.4, -0.2) is 5.11 Å². The molecule has 158 valence electrons. The summed E-state index contributed by atoms with van der Waals surface area (Å²) in [6, 6.07) is 2.23. The maximum Gasteiger partial charge on any atom is 0.126 e. The van der Waals surface area contributed by atoms with Crippen molar-refractivity contribution in [3.8, 4) is 5.75 Å². The van der Waals surface area contributed by atoms with Crippen molar-refractivity contribution in [3.63, 3.8) is 0 Å². The van der Waals surface area contributed by atoms with Crippen LogP contribution in [0.25, 0.3) is 6.08 Å². The molecule has 0 amide bonds. The molecule has 0 unspecified atom stereocenters. The highest BCUT2D eigenvalue weighted by Crippen LogP contribution is 2.38. The summed E-state index contributed by atoms with van der Waals surface area (Å²) in [7, 11) is 0. The number of aromatic hydroxyl groups is 1. The van der Waals surface area contributed by atoms with Gasteiger partial charge in [0.05, 0.1) is 0 Å². The Kier molecular flexibility index (Phi) is 12.6. The molecule has 0 aromatic heterocycles. The van der Waals surface area contributed by atoms with Crippen molar-refractivity contribution in [3.05, 3.63) is 58.7 Å². The minimum atomic E-state index is 0.0556. The van der Waals surface area contributed by atoms with Gasteiger partial charge in [0, 0.05) is 12.0 Å². The van der Waals surface area contributed by atoms with E-state index in [4.69, 9.17) is 0 Å². The van der Waals surface area contributed by atoms with E-state index in [9.17, 15) is 5.11 Å². The lowest BCUT2D eigenvalue weighted by Gasteiger charge is -2.27. The predicted octanol–water partition coefficient (Wildman–Crippen LogP) is 8.55. The Morgan fingerprint density at radius 3 is 2.21 bits per heavy atom. The van der Waals surface area contributed by atoms with Gasteiger partial charge in [0.25, 0.3) is 0 Å². The molecule has 0 aliphatic heterocycles. The fraction of sp³-hybridized carbons (Fsp3) is 0.556. The van der Waals surface area contributed by atoms with E-state index in [-0.39, 0.29) is 5.41 Å². The molecule has 0 atom stereocenters. The summed E-state index contributed by atoms with van der Waals surface area (Å²) >= 11 is 0. The Balaban J connectivity index is 0.00000171. The van der Waals surface area contributed by atoms with Gasteiger partial charge in [0.2, 0.25) is 0 Å². The van der Waals surface area contributed by atoms with E-state index in [1.165, 1.54) is 16.7 Å². The third kappa shape index (κ3) is 7.34. The molecule has 28 heavy (non-hydrogen) atoms. The van der Waals surface area contributed by atoms with Gasteiger partial charge in [0.15, 0.2) is 0 Å². The number of allylic oxidation sites excluding steroid dienone is 4. The molecule has 1 nitrogen and oxygen atoms in total. The number of rotatable bonds is 6. The van der Waals surface area contributed by atoms with E-state index in [1.54, 1.807) is 0 Å². The lowest BCUT2D eigenvalue weighted by Crippen LogP contribution is -2.16. The Hall–Kier alpha value is -1.76. The van der Waals surface area contributed by atoms with Crippen LogP contribution >= 0.6 is 0 Å². The molecule has 1 aliphatic rings. The summed E-state index contributed by atoms with van der Waals surface area (Å²) in [5, 5.41) is 10.9. The molecular weight excluding hydrogens is 340 g/mol. The molecular formula is C27H44O. The van der Waals surface area contributed by atoms with Gasteiger partial charge in [-0.3, -0.25) is 0 Å². The molecule has 1 aromatic rings. The first-order valence-electron chi connectivity index (χ1n) is 11.2. The molecule has 0 bridgehead atoms. The number of hydrogen-bond donors (Lipinski definition) is 1. The normalized spacial score (nSPS) is 12.9. The van der Waals surface area contributed by atoms with Crippen molar-refractivity contribution >= 4 is 6.08 Å². The molecule has 1 heteroatoms. The molecule has 0 fully saturated rings. The number of phenolic OH excluding ortho intramolecular Hbond substituents is 1. The summed E-state index contributed by atoms with van der Waals surface area (Å²) in [5.74, 6) is 0.420. The molecule has 1 aliphatic carbocycles. The number of benzene rings is 1. The van der Waals surface area contributed by atoms with Crippen LogP contribution in [0.3, 0.4) is 0 Å². The van der Waals surface area contributed by atoms with Crippen molar-refractivity contribution in [2.24, 2.45) is 0 Å². The van der Waals surface area contributed by atoms with Crippen molar-refractivity contribution in [2.75, 3.05) is 0 Å². The van der Waals surface area contributed by atoms with Gasteiger partial charge in [-0.05, 0) is 53.4 Å². The summed E-state index contributed by atoms with van der Waals surface area (Å²) in [4.78, 5) is 0. The summed E-state index contributed by atoms with van der Waals surface area (Å²) in [5.41, 5.74) is 5.93. The third-order valence-electron chi connectivity index (χ3n) is 4.79. The third-order valence-corrected chi connectivity index (χ3v) is 4.79. The topological polar surface area (TPSA) is 20.2 Å². The van der Waals surface area contributed by atoms with Crippen LogP contribution in [0.2, 0.25) is 0 Å². The maximum absolute atomic E-state index is 10.9. The molecule has 0 saturated carbocycles. The SMILES string of the molecule is C=Cc1c(O)c(CC2=CCCC=C2)cc(C(C)(C)C)c1CCCC.CC.CC. The second-order valence-electron chi connectivity index (χ2n) is 7.82. The molecule has 0 heterocycles. The Bertz CT molecular complexity index is 654. The van der Waals surface area contributed by atoms with E-state index < -0.39 is 0 Å². The van der Waals surface area contributed by atoms with Gasteiger partial charge in [-0.1, -0.05) is 98.8 Å². The predicted molar refractivity (Wildman–Crippen MR) is 128 cm³/mol. The average Bonchev–Trinajstić information content (AvgIpc) is 2.71. The fourth-order valence-electron chi connectivity index (χ4n) is 3.46. The van der Waals surface area contributed by atoms with Gasteiger partial charge in [-0.25, -0.2) is 0 Å². The first-order valence-corrected chi connectivity index (χ1v) is 11.2. The van der Waals surface area contributed by atoms with Gasteiger partial charge < -0.3 is 5.11 Å². The van der Waals surface area contributed by atoms with Crippen molar-refractivity contribution in [2.45, 2.75) is 99.3 Å². The van der Waals surface area contributed by atoms with Gasteiger partial charge in [-0.2, -0.15) is 0 Å². The highest BCUT2D eigenvalue weighted by Gasteiger charge is 2.23. The van der Waals surface area contributed by atoms with Crippen LogP contribution < -0.4 is 0 Å². The molecule has 1 N–H and O–H groups in total. The lowest BCUT2D eigenvalue weighted by atomic mass is 9.78. The smallest absolute Gasteiger partial charge is 0.126 e. The lowest BCUT2D eigenvalue weighted by molar-refractivity contribution is 0.465. The first-order chi connectivity index (χ1) is 13.4. The zero-order valence-corrected chi connectivity index (χ0v) is 19.8. The van der Waals surface area contributed by atoms with Gasteiger partial charge in [-0.15, -0.1) is 0 Å². The van der Waals surface area contributed by atoms with E-state index in [2.05, 4.69) is 58.6 Å². The van der Waals surface area contributed by atoms with Crippen molar-refractivity contribution < 1.29 is 5.11 Å². The monoisotopic (exact) mass is 384 g/mol. The largest absolute Gasteiger partial charge is 0.507 e. The Labute approximate surface area is 175 Å². The van der Waals surface area contributed by atoms with Crippen molar-refractivity contribution in [1.29, 1.82) is 0 Å². The van der Waals surface area contributed by atoms with E-state index in [0.717, 1.165) is 49.7 Å². The molecule has 0 spiro atoms. The van der Waals surface area contributed by atoms with Crippen molar-refractivity contribution in [1.82, 2.24) is 0 Å². The molecule has 1 aromatic carbocycles. The summed E-state index contributed by atoms with van der Waals surface area (Å²) in [6.07, 6.45) is 14.8. The van der Waals surface area contributed by atoms with Crippen LogP contribution in [0.4, 0.5) is 0 Å². The quantitative estimate of drug-likeness (QED) is 0.521. The van der Waals surface area contributed by atoms with Gasteiger partial charge >= 0.3 is 0 Å². The van der Waals surface area contributed by atoms with Crippen LogP contribution in [0.15, 0.2) is 36.4 Å².